The van der Waals surface area contributed by atoms with Gasteiger partial charge in [0.1, 0.15) is 5.60 Å². The van der Waals surface area contributed by atoms with E-state index >= 15 is 0 Å². The summed E-state index contributed by atoms with van der Waals surface area (Å²) in [6.45, 7) is 7.20. The first-order chi connectivity index (χ1) is 19.7. The normalized spacial score (nSPS) is 20.1. The predicted molar refractivity (Wildman–Crippen MR) is 155 cm³/mol. The maximum atomic E-state index is 13.4. The Labute approximate surface area is 244 Å². The van der Waals surface area contributed by atoms with Crippen LogP contribution in [0.3, 0.4) is 0 Å². The molecular formula is C33H39F3N2O4. The molecular weight excluding hydrogens is 545 g/mol. The van der Waals surface area contributed by atoms with E-state index in [4.69, 9.17) is 9.47 Å². The molecule has 3 aromatic rings. The zero-order chi connectivity index (χ0) is 30.4. The first-order valence-corrected chi connectivity index (χ1v) is 14.6. The maximum absolute atomic E-state index is 13.4. The van der Waals surface area contributed by atoms with Gasteiger partial charge < -0.3 is 9.47 Å². The van der Waals surface area contributed by atoms with E-state index in [0.29, 0.717) is 30.9 Å². The fourth-order valence-corrected chi connectivity index (χ4v) is 6.41. The molecule has 2 atom stereocenters. The maximum Gasteiger partial charge on any atom is 0.418 e. The quantitative estimate of drug-likeness (QED) is 0.279. The monoisotopic (exact) mass is 584 g/mol. The van der Waals surface area contributed by atoms with Crippen LogP contribution in [0.25, 0.3) is 10.9 Å². The van der Waals surface area contributed by atoms with E-state index < -0.39 is 30.4 Å². The number of likely N-dealkylation sites (tertiary alicyclic amines) is 1. The molecule has 0 N–H and O–H groups in total. The highest BCUT2D eigenvalue weighted by atomic mass is 19.4. The highest BCUT2D eigenvalue weighted by Gasteiger charge is 2.38. The number of aromatic nitrogens is 1. The minimum atomic E-state index is -4.28. The number of methoxy groups -OCH3 is 1. The third-order valence-corrected chi connectivity index (χ3v) is 8.38. The molecule has 2 fully saturated rings. The number of esters is 1. The Morgan fingerprint density at radius 3 is 2.31 bits per heavy atom. The van der Waals surface area contributed by atoms with E-state index in [0.717, 1.165) is 34.9 Å². The molecule has 0 spiro atoms. The summed E-state index contributed by atoms with van der Waals surface area (Å²) in [5.74, 6) is -0.0852. The fraction of sp³-hybridized carbons (Fsp3) is 0.515. The zero-order valence-corrected chi connectivity index (χ0v) is 24.9. The van der Waals surface area contributed by atoms with Crippen molar-refractivity contribution in [3.63, 3.8) is 0 Å². The van der Waals surface area contributed by atoms with Gasteiger partial charge in [-0.05, 0) is 118 Å². The number of alkyl halides is 3. The summed E-state index contributed by atoms with van der Waals surface area (Å²) in [6.07, 6.45) is 0.547. The molecule has 1 aliphatic heterocycles. The molecule has 1 saturated carbocycles. The Hall–Kier alpha value is -3.33. The second kappa shape index (κ2) is 11.4. The summed E-state index contributed by atoms with van der Waals surface area (Å²) < 4.78 is 52.3. The number of hydrogen-bond donors (Lipinski definition) is 0. The van der Waals surface area contributed by atoms with Crippen LogP contribution in [0.15, 0.2) is 42.6 Å². The van der Waals surface area contributed by atoms with Gasteiger partial charge in [-0.25, -0.2) is 9.59 Å². The van der Waals surface area contributed by atoms with Gasteiger partial charge in [0.25, 0.3) is 0 Å². The van der Waals surface area contributed by atoms with Crippen LogP contribution in [0.2, 0.25) is 0 Å². The lowest BCUT2D eigenvalue weighted by molar-refractivity contribution is -0.149. The Balaban J connectivity index is 1.53. The number of ether oxygens (including phenoxy) is 2. The van der Waals surface area contributed by atoms with Crippen molar-refractivity contribution in [3.05, 3.63) is 70.4 Å². The van der Waals surface area contributed by atoms with E-state index in [1.807, 2.05) is 45.9 Å². The topological polar surface area (TPSA) is 60.8 Å². The molecule has 1 aromatic heterocycles. The van der Waals surface area contributed by atoms with Crippen LogP contribution in [-0.2, 0) is 15.9 Å². The van der Waals surface area contributed by atoms with Gasteiger partial charge in [-0.1, -0.05) is 18.2 Å². The number of carbonyl (C=O) groups is 2. The van der Waals surface area contributed by atoms with Gasteiger partial charge in [-0.3, -0.25) is 9.47 Å². The molecule has 0 bridgehead atoms. The van der Waals surface area contributed by atoms with E-state index in [2.05, 4.69) is 6.07 Å². The van der Waals surface area contributed by atoms with E-state index in [1.54, 1.807) is 22.9 Å². The Bertz CT molecular complexity index is 1470. The van der Waals surface area contributed by atoms with Crippen molar-refractivity contribution in [1.29, 1.82) is 0 Å². The van der Waals surface area contributed by atoms with Crippen LogP contribution in [0.5, 0.6) is 0 Å². The lowest BCUT2D eigenvalue weighted by Gasteiger charge is -2.39. The number of halogens is 3. The zero-order valence-electron chi connectivity index (χ0n) is 24.9. The van der Waals surface area contributed by atoms with E-state index in [9.17, 15) is 22.8 Å². The van der Waals surface area contributed by atoms with Crippen molar-refractivity contribution in [1.82, 2.24) is 9.47 Å². The smallest absolute Gasteiger partial charge is 0.418 e. The molecule has 6 nitrogen and oxygen atoms in total. The van der Waals surface area contributed by atoms with Gasteiger partial charge in [-0.2, -0.15) is 13.2 Å². The Kier molecular flexibility index (Phi) is 8.18. The van der Waals surface area contributed by atoms with Crippen LogP contribution < -0.4 is 0 Å². The highest BCUT2D eigenvalue weighted by Crippen LogP contribution is 2.46. The standard InChI is InChI=1S/C33H39F3N2O4/c1-20-16-26(21-6-7-21)27(25-13-15-38(29(20)25)31(40)42-32(2,3)4)17-24-12-14-37(19-33(34,35)36)18-28(24)22-8-10-23(11-9-22)30(39)41-5/h8-11,13,15-16,21,24,28H,6-7,12,14,17-19H2,1-5H3. The number of hydrogen-bond acceptors (Lipinski definition) is 5. The van der Waals surface area contributed by atoms with Crippen molar-refractivity contribution in [3.8, 4) is 0 Å². The molecule has 2 aliphatic rings. The molecule has 1 aliphatic carbocycles. The first kappa shape index (κ1) is 30.1. The number of rotatable bonds is 6. The van der Waals surface area contributed by atoms with Crippen LogP contribution in [0.4, 0.5) is 18.0 Å². The first-order valence-electron chi connectivity index (χ1n) is 14.6. The summed E-state index contributed by atoms with van der Waals surface area (Å²) in [7, 11) is 1.32. The van der Waals surface area contributed by atoms with Crippen LogP contribution >= 0.6 is 0 Å². The van der Waals surface area contributed by atoms with Crippen molar-refractivity contribution < 1.29 is 32.2 Å². The molecule has 0 amide bonds. The summed E-state index contributed by atoms with van der Waals surface area (Å²) >= 11 is 0. The van der Waals surface area contributed by atoms with E-state index in [-0.39, 0.29) is 18.4 Å². The van der Waals surface area contributed by atoms with Gasteiger partial charge in [0.15, 0.2) is 0 Å². The fourth-order valence-electron chi connectivity index (χ4n) is 6.41. The van der Waals surface area contributed by atoms with Crippen LogP contribution in [0, 0.1) is 12.8 Å². The number of piperidine rings is 1. The van der Waals surface area contributed by atoms with Crippen molar-refractivity contribution in [2.45, 2.75) is 77.0 Å². The number of fused-ring (bicyclic) bond motifs is 1. The number of carbonyl (C=O) groups excluding carboxylic acids is 2. The second-order valence-electron chi connectivity index (χ2n) is 12.8. The largest absolute Gasteiger partial charge is 0.465 e. The van der Waals surface area contributed by atoms with Gasteiger partial charge in [0.2, 0.25) is 0 Å². The van der Waals surface area contributed by atoms with Gasteiger partial charge in [-0.15, -0.1) is 0 Å². The third-order valence-electron chi connectivity index (χ3n) is 8.38. The molecule has 1 saturated heterocycles. The molecule has 2 heterocycles. The predicted octanol–water partition coefficient (Wildman–Crippen LogP) is 7.61. The van der Waals surface area contributed by atoms with Gasteiger partial charge >= 0.3 is 18.2 Å². The summed E-state index contributed by atoms with van der Waals surface area (Å²) in [6, 6.07) is 11.2. The molecule has 2 unspecified atom stereocenters. The molecule has 226 valence electrons. The molecule has 5 rings (SSSR count). The molecule has 2 aromatic carbocycles. The van der Waals surface area contributed by atoms with Crippen LogP contribution in [-0.4, -0.2) is 60.1 Å². The van der Waals surface area contributed by atoms with Crippen molar-refractivity contribution >= 4 is 23.0 Å². The SMILES string of the molecule is COC(=O)c1ccc(C2CN(CC(F)(F)F)CCC2Cc2c(C3CC3)cc(C)c3c2ccn3C(=O)OC(C)(C)C)cc1. The average Bonchev–Trinajstić information content (AvgIpc) is 3.65. The summed E-state index contributed by atoms with van der Waals surface area (Å²) in [4.78, 5) is 26.6. The third kappa shape index (κ3) is 6.66. The molecule has 42 heavy (non-hydrogen) atoms. The van der Waals surface area contributed by atoms with Gasteiger partial charge in [0.05, 0.1) is 24.7 Å². The van der Waals surface area contributed by atoms with Gasteiger partial charge in [0, 0.05) is 18.1 Å². The van der Waals surface area contributed by atoms with Crippen molar-refractivity contribution in [2.75, 3.05) is 26.7 Å². The minimum Gasteiger partial charge on any atom is -0.465 e. The lowest BCUT2D eigenvalue weighted by atomic mass is 9.75. The molecule has 9 heteroatoms. The molecule has 0 radical (unpaired) electrons. The van der Waals surface area contributed by atoms with Crippen LogP contribution in [0.1, 0.15) is 84.5 Å². The summed E-state index contributed by atoms with van der Waals surface area (Å²) in [5, 5.41) is 1.00. The summed E-state index contributed by atoms with van der Waals surface area (Å²) in [5.41, 5.74) is 4.94. The average molecular weight is 585 g/mol. The number of aryl methyl sites for hydroxylation is 1. The number of nitrogens with zero attached hydrogens (tertiary/aromatic N) is 2. The van der Waals surface area contributed by atoms with E-state index in [1.165, 1.54) is 23.1 Å². The second-order valence-corrected chi connectivity index (χ2v) is 12.8. The van der Waals surface area contributed by atoms with Crippen molar-refractivity contribution in [2.24, 2.45) is 5.92 Å². The lowest BCUT2D eigenvalue weighted by Crippen LogP contribution is -2.44. The Morgan fingerprint density at radius 1 is 1.02 bits per heavy atom. The number of benzene rings is 2. The Morgan fingerprint density at radius 2 is 1.71 bits per heavy atom. The minimum absolute atomic E-state index is 0.0757. The highest BCUT2D eigenvalue weighted by molar-refractivity contribution is 5.94.